The molecule has 0 aromatic heterocycles. The molecular formula is C15H25NO. The zero-order valence-corrected chi connectivity index (χ0v) is 11.0. The molecule has 1 rings (SSSR count). The van der Waals surface area contributed by atoms with Gasteiger partial charge in [0.1, 0.15) is 0 Å². The third-order valence-electron chi connectivity index (χ3n) is 3.41. The van der Waals surface area contributed by atoms with Gasteiger partial charge in [0.2, 0.25) is 0 Å². The summed E-state index contributed by atoms with van der Waals surface area (Å²) in [7, 11) is 0. The van der Waals surface area contributed by atoms with Gasteiger partial charge in [-0.05, 0) is 30.9 Å². The van der Waals surface area contributed by atoms with Gasteiger partial charge in [0.25, 0.3) is 0 Å². The molecule has 0 spiro atoms. The van der Waals surface area contributed by atoms with Crippen molar-refractivity contribution in [2.45, 2.75) is 19.8 Å². The zero-order valence-electron chi connectivity index (χ0n) is 11.0. The Morgan fingerprint density at radius 2 is 2.06 bits per heavy atom. The molecule has 1 atom stereocenters. The first-order chi connectivity index (χ1) is 8.31. The predicted molar refractivity (Wildman–Crippen MR) is 74.1 cm³/mol. The van der Waals surface area contributed by atoms with Crippen molar-refractivity contribution < 1.29 is 4.74 Å². The normalized spacial score (nSPS) is 19.9. The Hall–Kier alpha value is -0.860. The van der Waals surface area contributed by atoms with Crippen molar-refractivity contribution in [3.8, 4) is 0 Å². The van der Waals surface area contributed by atoms with Crippen LogP contribution in [0.15, 0.2) is 37.0 Å². The average Bonchev–Trinajstić information content (AvgIpc) is 2.39. The van der Waals surface area contributed by atoms with Crippen LogP contribution in [0.3, 0.4) is 0 Å². The number of hydrogen-bond acceptors (Lipinski definition) is 2. The minimum absolute atomic E-state index is 0.605. The standard InChI is InChI=1S/C15H25NO/c1-4-7-14(5-2)15(6-3)8-9-16-10-12-17-13-11-16/h4-5,7,15H,1-2,6,8-13H2,3H3/b14-7+. The lowest BCUT2D eigenvalue weighted by atomic mass is 9.92. The molecule has 1 fully saturated rings. The van der Waals surface area contributed by atoms with Crippen LogP contribution in [-0.4, -0.2) is 37.7 Å². The number of ether oxygens (including phenoxy) is 1. The molecule has 0 N–H and O–H groups in total. The number of rotatable bonds is 7. The van der Waals surface area contributed by atoms with Gasteiger partial charge in [0, 0.05) is 13.1 Å². The van der Waals surface area contributed by atoms with Crippen LogP contribution in [0, 0.1) is 5.92 Å². The van der Waals surface area contributed by atoms with Crippen LogP contribution < -0.4 is 0 Å². The van der Waals surface area contributed by atoms with Crippen molar-refractivity contribution in [1.29, 1.82) is 0 Å². The molecule has 1 heterocycles. The molecule has 0 radical (unpaired) electrons. The molecule has 1 aliphatic rings. The second-order valence-corrected chi connectivity index (χ2v) is 4.45. The summed E-state index contributed by atoms with van der Waals surface area (Å²) in [5.74, 6) is 0.605. The van der Waals surface area contributed by atoms with Gasteiger partial charge in [0.15, 0.2) is 0 Å². The first-order valence-electron chi connectivity index (χ1n) is 6.57. The molecule has 0 aromatic rings. The van der Waals surface area contributed by atoms with Crippen LogP contribution in [0.1, 0.15) is 19.8 Å². The lowest BCUT2D eigenvalue weighted by Gasteiger charge is -2.28. The van der Waals surface area contributed by atoms with Crippen molar-refractivity contribution in [1.82, 2.24) is 4.90 Å². The van der Waals surface area contributed by atoms with Crippen molar-refractivity contribution in [3.63, 3.8) is 0 Å². The monoisotopic (exact) mass is 235 g/mol. The van der Waals surface area contributed by atoms with E-state index in [-0.39, 0.29) is 0 Å². The Balaban J connectivity index is 2.42. The molecule has 0 aliphatic carbocycles. The average molecular weight is 235 g/mol. The molecule has 0 bridgehead atoms. The van der Waals surface area contributed by atoms with Crippen molar-refractivity contribution in [3.05, 3.63) is 37.0 Å². The van der Waals surface area contributed by atoms with Crippen LogP contribution in [0.2, 0.25) is 0 Å². The van der Waals surface area contributed by atoms with Crippen molar-refractivity contribution in [2.24, 2.45) is 5.92 Å². The van der Waals surface area contributed by atoms with Crippen LogP contribution >= 0.6 is 0 Å². The number of allylic oxidation sites excluding steroid dienone is 4. The van der Waals surface area contributed by atoms with Gasteiger partial charge in [-0.2, -0.15) is 0 Å². The summed E-state index contributed by atoms with van der Waals surface area (Å²) in [6.07, 6.45) is 8.27. The minimum atomic E-state index is 0.605. The van der Waals surface area contributed by atoms with E-state index in [9.17, 15) is 0 Å². The van der Waals surface area contributed by atoms with Gasteiger partial charge < -0.3 is 4.74 Å². The fourth-order valence-corrected chi connectivity index (χ4v) is 2.28. The van der Waals surface area contributed by atoms with Crippen LogP contribution in [0.4, 0.5) is 0 Å². The first-order valence-corrected chi connectivity index (χ1v) is 6.57. The maximum Gasteiger partial charge on any atom is 0.0594 e. The van der Waals surface area contributed by atoms with Crippen molar-refractivity contribution in [2.75, 3.05) is 32.8 Å². The Bertz CT molecular complexity index is 264. The zero-order chi connectivity index (χ0) is 12.5. The third kappa shape index (κ3) is 4.88. The van der Waals surface area contributed by atoms with E-state index in [4.69, 9.17) is 4.74 Å². The SMILES string of the molecule is C=C/C=C(\C=C)C(CC)CCN1CCOCC1. The summed E-state index contributed by atoms with van der Waals surface area (Å²) in [6.45, 7) is 15.0. The molecule has 1 aliphatic heterocycles. The Morgan fingerprint density at radius 1 is 1.35 bits per heavy atom. The van der Waals surface area contributed by atoms with E-state index in [0.29, 0.717) is 5.92 Å². The Kier molecular flexibility index (Phi) is 6.90. The predicted octanol–water partition coefficient (Wildman–Crippen LogP) is 3.03. The van der Waals surface area contributed by atoms with E-state index in [1.54, 1.807) is 0 Å². The molecular weight excluding hydrogens is 210 g/mol. The van der Waals surface area contributed by atoms with E-state index in [0.717, 1.165) is 39.3 Å². The highest BCUT2D eigenvalue weighted by Crippen LogP contribution is 2.20. The summed E-state index contributed by atoms with van der Waals surface area (Å²) in [5, 5.41) is 0. The summed E-state index contributed by atoms with van der Waals surface area (Å²) in [6, 6.07) is 0. The molecule has 1 saturated heterocycles. The fourth-order valence-electron chi connectivity index (χ4n) is 2.28. The maximum atomic E-state index is 5.36. The van der Waals surface area contributed by atoms with Gasteiger partial charge in [-0.25, -0.2) is 0 Å². The minimum Gasteiger partial charge on any atom is -0.379 e. The third-order valence-corrected chi connectivity index (χ3v) is 3.41. The van der Waals surface area contributed by atoms with E-state index in [2.05, 4.69) is 31.1 Å². The largest absolute Gasteiger partial charge is 0.379 e. The van der Waals surface area contributed by atoms with Gasteiger partial charge in [-0.15, -0.1) is 0 Å². The van der Waals surface area contributed by atoms with E-state index >= 15 is 0 Å². The lowest BCUT2D eigenvalue weighted by Crippen LogP contribution is -2.37. The number of nitrogens with zero attached hydrogens (tertiary/aromatic N) is 1. The molecule has 17 heavy (non-hydrogen) atoms. The van der Waals surface area contributed by atoms with Gasteiger partial charge in [-0.3, -0.25) is 4.90 Å². The molecule has 2 nitrogen and oxygen atoms in total. The summed E-state index contributed by atoms with van der Waals surface area (Å²) >= 11 is 0. The van der Waals surface area contributed by atoms with Gasteiger partial charge in [0.05, 0.1) is 13.2 Å². The summed E-state index contributed by atoms with van der Waals surface area (Å²) in [5.41, 5.74) is 1.32. The maximum absolute atomic E-state index is 5.36. The molecule has 0 aromatic carbocycles. The summed E-state index contributed by atoms with van der Waals surface area (Å²) < 4.78 is 5.36. The second kappa shape index (κ2) is 8.26. The van der Waals surface area contributed by atoms with Gasteiger partial charge >= 0.3 is 0 Å². The fraction of sp³-hybridized carbons (Fsp3) is 0.600. The first kappa shape index (κ1) is 14.2. The lowest BCUT2D eigenvalue weighted by molar-refractivity contribution is 0.0359. The van der Waals surface area contributed by atoms with E-state index in [1.807, 2.05) is 12.2 Å². The van der Waals surface area contributed by atoms with E-state index < -0.39 is 0 Å². The molecule has 2 heteroatoms. The molecule has 0 amide bonds. The highest BCUT2D eigenvalue weighted by atomic mass is 16.5. The number of morpholine rings is 1. The molecule has 1 unspecified atom stereocenters. The topological polar surface area (TPSA) is 12.5 Å². The smallest absolute Gasteiger partial charge is 0.0594 e. The quantitative estimate of drug-likeness (QED) is 0.629. The van der Waals surface area contributed by atoms with E-state index in [1.165, 1.54) is 12.0 Å². The highest BCUT2D eigenvalue weighted by molar-refractivity contribution is 5.23. The van der Waals surface area contributed by atoms with Gasteiger partial charge in [-0.1, -0.05) is 38.3 Å². The summed E-state index contributed by atoms with van der Waals surface area (Å²) in [4.78, 5) is 2.49. The second-order valence-electron chi connectivity index (χ2n) is 4.45. The van der Waals surface area contributed by atoms with Crippen molar-refractivity contribution >= 4 is 0 Å². The molecule has 0 saturated carbocycles. The van der Waals surface area contributed by atoms with Crippen LogP contribution in [-0.2, 0) is 4.74 Å². The number of hydrogen-bond donors (Lipinski definition) is 0. The molecule has 96 valence electrons. The van der Waals surface area contributed by atoms with Crippen LogP contribution in [0.5, 0.6) is 0 Å². The Labute approximate surface area is 106 Å². The van der Waals surface area contributed by atoms with Crippen LogP contribution in [0.25, 0.3) is 0 Å². The Morgan fingerprint density at radius 3 is 2.59 bits per heavy atom. The highest BCUT2D eigenvalue weighted by Gasteiger charge is 2.14.